The molecule has 2 N–H and O–H groups in total. The Bertz CT molecular complexity index is 801. The molecule has 6 heteroatoms. The Balaban J connectivity index is 1.83. The molecule has 150 valence electrons. The third-order valence-corrected chi connectivity index (χ3v) is 4.34. The van der Waals surface area contributed by atoms with Gasteiger partial charge in [-0.15, -0.1) is 0 Å². The maximum absolute atomic E-state index is 12.2. The van der Waals surface area contributed by atoms with Gasteiger partial charge in [-0.1, -0.05) is 26.0 Å². The number of carbonyl (C=O) groups is 2. The van der Waals surface area contributed by atoms with Crippen molar-refractivity contribution < 1.29 is 19.1 Å². The van der Waals surface area contributed by atoms with E-state index in [0.29, 0.717) is 19.4 Å². The summed E-state index contributed by atoms with van der Waals surface area (Å²) in [6.45, 7) is 4.13. The van der Waals surface area contributed by atoms with Crippen LogP contribution in [0.2, 0.25) is 0 Å². The molecule has 6 nitrogen and oxygen atoms in total. The zero-order valence-corrected chi connectivity index (χ0v) is 16.9. The van der Waals surface area contributed by atoms with Gasteiger partial charge in [0, 0.05) is 24.6 Å². The molecule has 0 aliphatic carbocycles. The summed E-state index contributed by atoms with van der Waals surface area (Å²) in [7, 11) is 3.22. The maximum Gasteiger partial charge on any atom is 0.226 e. The van der Waals surface area contributed by atoms with Crippen LogP contribution in [-0.2, 0) is 22.6 Å². The minimum absolute atomic E-state index is 0.0194. The molecule has 28 heavy (non-hydrogen) atoms. The first kappa shape index (κ1) is 21.3. The summed E-state index contributed by atoms with van der Waals surface area (Å²) in [5.74, 6) is 1.35. The molecule has 0 saturated carbocycles. The maximum atomic E-state index is 12.2. The second kappa shape index (κ2) is 10.3. The van der Waals surface area contributed by atoms with Gasteiger partial charge in [-0.25, -0.2) is 0 Å². The van der Waals surface area contributed by atoms with Crippen molar-refractivity contribution in [1.29, 1.82) is 0 Å². The number of carbonyl (C=O) groups excluding carboxylic acids is 2. The van der Waals surface area contributed by atoms with E-state index in [0.717, 1.165) is 28.3 Å². The minimum Gasteiger partial charge on any atom is -0.497 e. The highest BCUT2D eigenvalue weighted by Crippen LogP contribution is 2.25. The number of hydrogen-bond donors (Lipinski definition) is 2. The Kier molecular flexibility index (Phi) is 7.87. The molecular formula is C22H28N2O4. The van der Waals surface area contributed by atoms with Crippen molar-refractivity contribution in [2.45, 2.75) is 33.2 Å². The Morgan fingerprint density at radius 3 is 2.32 bits per heavy atom. The van der Waals surface area contributed by atoms with Gasteiger partial charge in [0.25, 0.3) is 0 Å². The van der Waals surface area contributed by atoms with Crippen molar-refractivity contribution in [2.75, 3.05) is 19.5 Å². The van der Waals surface area contributed by atoms with Gasteiger partial charge in [0.05, 0.1) is 14.2 Å². The number of hydrogen-bond acceptors (Lipinski definition) is 4. The van der Waals surface area contributed by atoms with Crippen molar-refractivity contribution in [3.05, 3.63) is 53.6 Å². The molecule has 0 radical (unpaired) electrons. The average molecular weight is 384 g/mol. The summed E-state index contributed by atoms with van der Waals surface area (Å²) in [5, 5.41) is 5.76. The van der Waals surface area contributed by atoms with Crippen LogP contribution in [0.25, 0.3) is 0 Å². The number of amides is 2. The monoisotopic (exact) mass is 384 g/mol. The molecule has 2 amide bonds. The molecule has 2 aromatic carbocycles. The highest BCUT2D eigenvalue weighted by Gasteiger charge is 2.09. The number of nitrogens with one attached hydrogen (secondary N) is 2. The van der Waals surface area contributed by atoms with Crippen molar-refractivity contribution in [1.82, 2.24) is 5.32 Å². The van der Waals surface area contributed by atoms with E-state index in [1.165, 1.54) is 0 Å². The highest BCUT2D eigenvalue weighted by molar-refractivity contribution is 5.92. The molecule has 0 spiro atoms. The Morgan fingerprint density at radius 2 is 1.71 bits per heavy atom. The van der Waals surface area contributed by atoms with Crippen LogP contribution in [0.5, 0.6) is 11.5 Å². The number of rotatable bonds is 9. The van der Waals surface area contributed by atoms with Gasteiger partial charge < -0.3 is 20.1 Å². The van der Waals surface area contributed by atoms with Crippen molar-refractivity contribution >= 4 is 17.5 Å². The zero-order valence-electron chi connectivity index (χ0n) is 16.9. The van der Waals surface area contributed by atoms with Crippen LogP contribution in [0.15, 0.2) is 42.5 Å². The summed E-state index contributed by atoms with van der Waals surface area (Å²) in [4.78, 5) is 23.9. The van der Waals surface area contributed by atoms with Crippen LogP contribution in [0.1, 0.15) is 31.4 Å². The fraction of sp³-hybridized carbons (Fsp3) is 0.364. The molecule has 0 fully saturated rings. The van der Waals surface area contributed by atoms with Gasteiger partial charge in [0.15, 0.2) is 0 Å². The Morgan fingerprint density at radius 1 is 1.00 bits per heavy atom. The molecule has 0 aliphatic rings. The van der Waals surface area contributed by atoms with E-state index in [4.69, 9.17) is 9.47 Å². The molecule has 0 heterocycles. The van der Waals surface area contributed by atoms with Crippen molar-refractivity contribution in [3.8, 4) is 11.5 Å². The first-order valence-electron chi connectivity index (χ1n) is 9.30. The summed E-state index contributed by atoms with van der Waals surface area (Å²) in [6, 6.07) is 13.0. The van der Waals surface area contributed by atoms with Gasteiger partial charge in [-0.3, -0.25) is 9.59 Å². The minimum atomic E-state index is -0.0674. The quantitative estimate of drug-likeness (QED) is 0.693. The largest absolute Gasteiger partial charge is 0.497 e. The molecule has 0 atom stereocenters. The van der Waals surface area contributed by atoms with Gasteiger partial charge in [0.2, 0.25) is 11.8 Å². The van der Waals surface area contributed by atoms with Gasteiger partial charge >= 0.3 is 0 Å². The molecule has 0 bridgehead atoms. The van der Waals surface area contributed by atoms with Crippen LogP contribution >= 0.6 is 0 Å². The number of benzene rings is 2. The topological polar surface area (TPSA) is 76.7 Å². The van der Waals surface area contributed by atoms with E-state index in [-0.39, 0.29) is 17.7 Å². The van der Waals surface area contributed by atoms with Gasteiger partial charge in [-0.2, -0.15) is 0 Å². The Hall–Kier alpha value is -3.02. The number of anilines is 1. The number of ether oxygens (including phenoxy) is 2. The first-order chi connectivity index (χ1) is 13.4. The molecule has 0 unspecified atom stereocenters. The summed E-state index contributed by atoms with van der Waals surface area (Å²) in [5.41, 5.74) is 2.65. The zero-order chi connectivity index (χ0) is 20.5. The Labute approximate surface area is 166 Å². The lowest BCUT2D eigenvalue weighted by molar-refractivity contribution is -0.121. The van der Waals surface area contributed by atoms with E-state index in [1.807, 2.05) is 56.3 Å². The number of methoxy groups -OCH3 is 2. The first-order valence-corrected chi connectivity index (χ1v) is 9.30. The number of aryl methyl sites for hydroxylation is 1. The van der Waals surface area contributed by atoms with Crippen LogP contribution in [-0.4, -0.2) is 26.0 Å². The lowest BCUT2D eigenvalue weighted by Crippen LogP contribution is -2.23. The lowest BCUT2D eigenvalue weighted by atomic mass is 10.1. The van der Waals surface area contributed by atoms with E-state index < -0.39 is 0 Å². The smallest absolute Gasteiger partial charge is 0.226 e. The van der Waals surface area contributed by atoms with E-state index in [1.54, 1.807) is 14.2 Å². The summed E-state index contributed by atoms with van der Waals surface area (Å²) in [6.07, 6.45) is 0.915. The van der Waals surface area contributed by atoms with Crippen molar-refractivity contribution in [2.24, 2.45) is 5.92 Å². The van der Waals surface area contributed by atoms with Gasteiger partial charge in [0.1, 0.15) is 11.5 Å². The van der Waals surface area contributed by atoms with Crippen molar-refractivity contribution in [3.63, 3.8) is 0 Å². The molecule has 0 aliphatic heterocycles. The third kappa shape index (κ3) is 6.30. The molecule has 0 aromatic heterocycles. The summed E-state index contributed by atoms with van der Waals surface area (Å²) >= 11 is 0. The average Bonchev–Trinajstić information content (AvgIpc) is 2.71. The predicted molar refractivity (Wildman–Crippen MR) is 110 cm³/mol. The SMILES string of the molecule is COc1ccc(OC)c(CCC(=O)NCc2ccc(NC(=O)C(C)C)cc2)c1. The van der Waals surface area contributed by atoms with Crippen LogP contribution in [0, 0.1) is 5.92 Å². The second-order valence-corrected chi connectivity index (χ2v) is 6.80. The molecule has 0 saturated heterocycles. The van der Waals surface area contributed by atoms with E-state index in [2.05, 4.69) is 10.6 Å². The predicted octanol–water partition coefficient (Wildman–Crippen LogP) is 3.55. The van der Waals surface area contributed by atoms with Crippen LogP contribution in [0.3, 0.4) is 0 Å². The normalized spacial score (nSPS) is 10.5. The molecule has 2 rings (SSSR count). The highest BCUT2D eigenvalue weighted by atomic mass is 16.5. The fourth-order valence-corrected chi connectivity index (χ4v) is 2.61. The van der Waals surface area contributed by atoms with E-state index in [9.17, 15) is 9.59 Å². The molecule has 2 aromatic rings. The third-order valence-electron chi connectivity index (χ3n) is 4.34. The molecular weight excluding hydrogens is 356 g/mol. The lowest BCUT2D eigenvalue weighted by Gasteiger charge is -2.11. The van der Waals surface area contributed by atoms with Gasteiger partial charge in [-0.05, 0) is 47.9 Å². The van der Waals surface area contributed by atoms with E-state index >= 15 is 0 Å². The van der Waals surface area contributed by atoms with Crippen LogP contribution < -0.4 is 20.1 Å². The second-order valence-electron chi connectivity index (χ2n) is 6.80. The summed E-state index contributed by atoms with van der Waals surface area (Å²) < 4.78 is 10.6. The fourth-order valence-electron chi connectivity index (χ4n) is 2.61. The van der Waals surface area contributed by atoms with Crippen LogP contribution in [0.4, 0.5) is 5.69 Å². The standard InChI is InChI=1S/C22H28N2O4/c1-15(2)22(26)24-18-8-5-16(6-9-18)14-23-21(25)12-7-17-13-19(27-3)10-11-20(17)28-4/h5-6,8-11,13,15H,7,12,14H2,1-4H3,(H,23,25)(H,24,26).